The zero-order valence-corrected chi connectivity index (χ0v) is 12.1. The second-order valence-corrected chi connectivity index (χ2v) is 4.09. The number of aromatic hydroxyl groups is 1. The van der Waals surface area contributed by atoms with Crippen LogP contribution in [0.25, 0.3) is 0 Å². The van der Waals surface area contributed by atoms with E-state index in [1.54, 1.807) is 18.2 Å². The van der Waals surface area contributed by atoms with Gasteiger partial charge in [-0.25, -0.2) is 0 Å². The maximum atomic E-state index is 9.00. The largest absolute Gasteiger partial charge is 0.507 e. The molecule has 0 saturated heterocycles. The van der Waals surface area contributed by atoms with E-state index < -0.39 is 0 Å². The van der Waals surface area contributed by atoms with Gasteiger partial charge >= 0.3 is 0 Å². The highest BCUT2D eigenvalue weighted by atomic mass is 16.5. The molecule has 0 amide bonds. The molecule has 1 N–H and O–H groups in total. The molecule has 2 rings (SSSR count). The molecule has 0 atom stereocenters. The van der Waals surface area contributed by atoms with E-state index >= 15 is 0 Å². The Morgan fingerprint density at radius 2 is 1.30 bits per heavy atom. The quantitative estimate of drug-likeness (QED) is 0.863. The predicted octanol–water partition coefficient (Wildman–Crippen LogP) is 2.57. The number of nitrogens with zero attached hydrogens (tertiary/aromatic N) is 4. The Labute approximate surface area is 133 Å². The lowest BCUT2D eigenvalue weighted by Crippen LogP contribution is -1.88. The average Bonchev–Trinajstić information content (AvgIpc) is 2.62. The van der Waals surface area contributed by atoms with E-state index in [0.717, 1.165) is 0 Å². The van der Waals surface area contributed by atoms with E-state index in [9.17, 15) is 0 Å². The van der Waals surface area contributed by atoms with Crippen LogP contribution >= 0.6 is 0 Å². The van der Waals surface area contributed by atoms with Crippen molar-refractivity contribution in [1.82, 2.24) is 0 Å². The number of nitriles is 4. The van der Waals surface area contributed by atoms with Crippen molar-refractivity contribution in [3.05, 3.63) is 58.7 Å². The first-order valence-corrected chi connectivity index (χ1v) is 6.21. The van der Waals surface area contributed by atoms with Crippen LogP contribution in [0.1, 0.15) is 22.3 Å². The molecule has 6 heteroatoms. The van der Waals surface area contributed by atoms with Crippen molar-refractivity contribution in [2.24, 2.45) is 0 Å². The standard InChI is InChI=1S/C9H6N2O.C8H4N2O/c1-12-9-3-2-7(5-10)4-8(9)6-11;9-4-6-1-2-8(11)7(3-6)5-10/h2-4H,1H3;1-3,11H. The fourth-order valence-corrected chi connectivity index (χ4v) is 1.56. The third kappa shape index (κ3) is 4.50. The fourth-order valence-electron chi connectivity index (χ4n) is 1.56. The Bertz CT molecular complexity index is 877. The summed E-state index contributed by atoms with van der Waals surface area (Å²) >= 11 is 0. The van der Waals surface area contributed by atoms with Gasteiger partial charge < -0.3 is 9.84 Å². The van der Waals surface area contributed by atoms with Crippen LogP contribution in [0.5, 0.6) is 11.5 Å². The zero-order valence-electron chi connectivity index (χ0n) is 12.1. The van der Waals surface area contributed by atoms with Crippen molar-refractivity contribution in [3.8, 4) is 35.8 Å². The van der Waals surface area contributed by atoms with Crippen molar-refractivity contribution in [1.29, 1.82) is 21.0 Å². The zero-order chi connectivity index (χ0) is 17.2. The molecule has 6 nitrogen and oxygen atoms in total. The van der Waals surface area contributed by atoms with E-state index in [0.29, 0.717) is 22.4 Å². The molecule has 2 aromatic carbocycles. The molecule has 2 aromatic rings. The summed E-state index contributed by atoms with van der Waals surface area (Å²) in [6, 6.07) is 16.4. The number of phenols is 1. The van der Waals surface area contributed by atoms with E-state index in [2.05, 4.69) is 0 Å². The first kappa shape index (κ1) is 17.1. The molecule has 0 unspecified atom stereocenters. The molecule has 0 aromatic heterocycles. The first-order chi connectivity index (χ1) is 11.1. The fraction of sp³-hybridized carbons (Fsp3) is 0.0588. The van der Waals surface area contributed by atoms with Crippen molar-refractivity contribution in [2.75, 3.05) is 7.11 Å². The van der Waals surface area contributed by atoms with Gasteiger partial charge in [0.05, 0.1) is 41.5 Å². The topological polar surface area (TPSA) is 125 Å². The molecule has 0 aliphatic carbocycles. The highest BCUT2D eigenvalue weighted by Gasteiger charge is 2.02. The van der Waals surface area contributed by atoms with Gasteiger partial charge in [0.2, 0.25) is 0 Å². The van der Waals surface area contributed by atoms with Crippen LogP contribution in [-0.2, 0) is 0 Å². The number of hydrogen-bond acceptors (Lipinski definition) is 6. The van der Waals surface area contributed by atoms with Crippen LogP contribution in [0.2, 0.25) is 0 Å². The molecule has 23 heavy (non-hydrogen) atoms. The number of hydrogen-bond donors (Lipinski definition) is 1. The van der Waals surface area contributed by atoms with Crippen LogP contribution in [0.15, 0.2) is 36.4 Å². The van der Waals surface area contributed by atoms with Crippen LogP contribution in [-0.4, -0.2) is 12.2 Å². The number of ether oxygens (including phenoxy) is 1. The van der Waals surface area contributed by atoms with Gasteiger partial charge in [0.25, 0.3) is 0 Å². The molecular formula is C17H10N4O2. The van der Waals surface area contributed by atoms with Crippen LogP contribution < -0.4 is 4.74 Å². The van der Waals surface area contributed by atoms with Gasteiger partial charge in [-0.1, -0.05) is 0 Å². The Hall–Kier alpha value is -4.00. The van der Waals surface area contributed by atoms with E-state index in [1.807, 2.05) is 18.2 Å². The lowest BCUT2D eigenvalue weighted by Gasteiger charge is -2.00. The van der Waals surface area contributed by atoms with Crippen molar-refractivity contribution in [3.63, 3.8) is 0 Å². The average molecular weight is 302 g/mol. The summed E-state index contributed by atoms with van der Waals surface area (Å²) in [7, 11) is 1.49. The molecule has 0 bridgehead atoms. The Morgan fingerprint density at radius 1 is 0.783 bits per heavy atom. The summed E-state index contributed by atoms with van der Waals surface area (Å²) in [6.07, 6.45) is 0. The van der Waals surface area contributed by atoms with Crippen molar-refractivity contribution < 1.29 is 9.84 Å². The SMILES string of the molecule is COc1ccc(C#N)cc1C#N.N#Cc1ccc(O)c(C#N)c1. The Morgan fingerprint density at radius 3 is 1.78 bits per heavy atom. The maximum Gasteiger partial charge on any atom is 0.136 e. The lowest BCUT2D eigenvalue weighted by atomic mass is 10.1. The van der Waals surface area contributed by atoms with Gasteiger partial charge in [0.1, 0.15) is 23.6 Å². The van der Waals surface area contributed by atoms with E-state index in [4.69, 9.17) is 30.9 Å². The molecule has 0 fully saturated rings. The molecule has 0 radical (unpaired) electrons. The molecule has 0 heterocycles. The monoisotopic (exact) mass is 302 g/mol. The number of phenolic OH excluding ortho intramolecular Hbond substituents is 1. The summed E-state index contributed by atoms with van der Waals surface area (Å²) in [6.45, 7) is 0. The van der Waals surface area contributed by atoms with E-state index in [-0.39, 0.29) is 11.3 Å². The van der Waals surface area contributed by atoms with Gasteiger partial charge in [-0.15, -0.1) is 0 Å². The van der Waals surface area contributed by atoms with E-state index in [1.165, 1.54) is 31.4 Å². The second-order valence-electron chi connectivity index (χ2n) is 4.09. The summed E-state index contributed by atoms with van der Waals surface area (Å²) < 4.78 is 4.90. The summed E-state index contributed by atoms with van der Waals surface area (Å²) in [5.74, 6) is 0.406. The minimum absolute atomic E-state index is 0.0912. The molecule has 0 aliphatic heterocycles. The normalized spacial score (nSPS) is 8.22. The third-order valence-electron chi connectivity index (χ3n) is 2.70. The van der Waals surface area contributed by atoms with Crippen molar-refractivity contribution >= 4 is 0 Å². The van der Waals surface area contributed by atoms with Crippen LogP contribution in [0.3, 0.4) is 0 Å². The smallest absolute Gasteiger partial charge is 0.136 e. The predicted molar refractivity (Wildman–Crippen MR) is 80.0 cm³/mol. The highest BCUT2D eigenvalue weighted by molar-refractivity contribution is 5.48. The molecule has 0 aliphatic rings. The molecular weight excluding hydrogens is 292 g/mol. The summed E-state index contributed by atoms with van der Waals surface area (Å²) in [5.41, 5.74) is 1.35. The highest BCUT2D eigenvalue weighted by Crippen LogP contribution is 2.18. The number of benzene rings is 2. The van der Waals surface area contributed by atoms with Gasteiger partial charge in [0.15, 0.2) is 0 Å². The van der Waals surface area contributed by atoms with Crippen LogP contribution in [0.4, 0.5) is 0 Å². The minimum atomic E-state index is -0.0912. The van der Waals surface area contributed by atoms with Gasteiger partial charge in [-0.05, 0) is 36.4 Å². The molecule has 0 saturated carbocycles. The van der Waals surface area contributed by atoms with Crippen molar-refractivity contribution in [2.45, 2.75) is 0 Å². The number of methoxy groups -OCH3 is 1. The van der Waals surface area contributed by atoms with Gasteiger partial charge in [-0.3, -0.25) is 0 Å². The van der Waals surface area contributed by atoms with Crippen LogP contribution in [0, 0.1) is 45.3 Å². The maximum absolute atomic E-state index is 9.00. The first-order valence-electron chi connectivity index (χ1n) is 6.21. The lowest BCUT2D eigenvalue weighted by molar-refractivity contribution is 0.413. The summed E-state index contributed by atoms with van der Waals surface area (Å²) in [5, 5.41) is 43.0. The Kier molecular flexibility index (Phi) is 6.17. The van der Waals surface area contributed by atoms with Gasteiger partial charge in [0, 0.05) is 0 Å². The van der Waals surface area contributed by atoms with Gasteiger partial charge in [-0.2, -0.15) is 21.0 Å². The minimum Gasteiger partial charge on any atom is -0.507 e. The second kappa shape index (κ2) is 8.32. The summed E-state index contributed by atoms with van der Waals surface area (Å²) in [4.78, 5) is 0. The molecule has 0 spiro atoms. The molecule has 110 valence electrons. The Balaban J connectivity index is 0.000000231. The number of rotatable bonds is 1. The third-order valence-corrected chi connectivity index (χ3v) is 2.70.